The molecule has 19 heavy (non-hydrogen) atoms. The summed E-state index contributed by atoms with van der Waals surface area (Å²) in [7, 11) is 0. The summed E-state index contributed by atoms with van der Waals surface area (Å²) >= 11 is 4.70. The molecule has 0 heterocycles. The van der Waals surface area contributed by atoms with Crippen LogP contribution in [0, 0.1) is 0 Å². The Hall–Kier alpha value is -1.21. The van der Waals surface area contributed by atoms with Crippen molar-refractivity contribution in [3.8, 4) is 5.75 Å². The lowest BCUT2D eigenvalue weighted by molar-refractivity contribution is -0.139. The molecule has 0 spiro atoms. The summed E-state index contributed by atoms with van der Waals surface area (Å²) in [4.78, 5) is 23.0. The Labute approximate surface area is 123 Å². The summed E-state index contributed by atoms with van der Waals surface area (Å²) in [5.41, 5.74) is 0.0461. The van der Waals surface area contributed by atoms with Crippen molar-refractivity contribution in [3.63, 3.8) is 0 Å². The highest BCUT2D eigenvalue weighted by Crippen LogP contribution is 2.21. The lowest BCUT2D eigenvalue weighted by Gasteiger charge is -2.14. The molecule has 0 aromatic heterocycles. The van der Waals surface area contributed by atoms with E-state index < -0.39 is 17.9 Å². The minimum Gasteiger partial charge on any atom is -0.507 e. The fourth-order valence-corrected chi connectivity index (χ4v) is 2.25. The van der Waals surface area contributed by atoms with Gasteiger partial charge in [0.25, 0.3) is 5.91 Å². The van der Waals surface area contributed by atoms with Crippen molar-refractivity contribution >= 4 is 39.6 Å². The van der Waals surface area contributed by atoms with Gasteiger partial charge in [-0.25, -0.2) is 4.79 Å². The van der Waals surface area contributed by atoms with Crippen molar-refractivity contribution in [1.82, 2.24) is 5.32 Å². The van der Waals surface area contributed by atoms with Gasteiger partial charge in [-0.15, -0.1) is 0 Å². The number of benzene rings is 1. The van der Waals surface area contributed by atoms with Crippen LogP contribution in [0.5, 0.6) is 5.75 Å². The second kappa shape index (κ2) is 7.40. The van der Waals surface area contributed by atoms with Crippen LogP contribution < -0.4 is 5.32 Å². The average Bonchev–Trinajstić information content (AvgIpc) is 2.36. The van der Waals surface area contributed by atoms with E-state index in [-0.39, 0.29) is 11.3 Å². The minimum atomic E-state index is -1.09. The van der Waals surface area contributed by atoms with Gasteiger partial charge in [0.2, 0.25) is 0 Å². The van der Waals surface area contributed by atoms with E-state index in [4.69, 9.17) is 5.11 Å². The van der Waals surface area contributed by atoms with Crippen LogP contribution in [0.2, 0.25) is 0 Å². The number of phenols is 1. The average molecular weight is 348 g/mol. The molecule has 1 aromatic carbocycles. The van der Waals surface area contributed by atoms with Gasteiger partial charge < -0.3 is 15.5 Å². The van der Waals surface area contributed by atoms with Crippen LogP contribution in [-0.4, -0.2) is 40.1 Å². The molecule has 7 heteroatoms. The first kappa shape index (κ1) is 15.8. The van der Waals surface area contributed by atoms with Crippen LogP contribution in [0.15, 0.2) is 22.7 Å². The number of aromatic hydroxyl groups is 1. The third-order valence-corrected chi connectivity index (χ3v) is 3.55. The van der Waals surface area contributed by atoms with E-state index in [1.54, 1.807) is 6.07 Å². The predicted octanol–water partition coefficient (Wildman–Crippen LogP) is 2.09. The Balaban J connectivity index is 2.81. The van der Waals surface area contributed by atoms with Crippen molar-refractivity contribution in [3.05, 3.63) is 28.2 Å². The lowest BCUT2D eigenvalue weighted by Crippen LogP contribution is -2.41. The van der Waals surface area contributed by atoms with Gasteiger partial charge in [0, 0.05) is 4.47 Å². The minimum absolute atomic E-state index is 0.0461. The standard InChI is InChI=1S/C12H14BrNO4S/c1-19-5-4-9(12(17)18)14-11(16)8-6-7(13)2-3-10(8)15/h2-3,6,9,15H,4-5H2,1H3,(H,14,16)(H,17,18)/t9-/m0/s1. The van der Waals surface area contributed by atoms with Gasteiger partial charge in [0.15, 0.2) is 0 Å². The smallest absolute Gasteiger partial charge is 0.326 e. The van der Waals surface area contributed by atoms with E-state index >= 15 is 0 Å². The number of halogens is 1. The van der Waals surface area contributed by atoms with Gasteiger partial charge in [-0.05, 0) is 36.6 Å². The molecule has 0 aliphatic heterocycles. The molecule has 0 saturated heterocycles. The molecule has 104 valence electrons. The normalized spacial score (nSPS) is 11.9. The molecule has 0 aliphatic carbocycles. The monoisotopic (exact) mass is 347 g/mol. The first-order valence-electron chi connectivity index (χ1n) is 5.46. The highest BCUT2D eigenvalue weighted by Gasteiger charge is 2.21. The third-order valence-electron chi connectivity index (χ3n) is 2.42. The zero-order valence-corrected chi connectivity index (χ0v) is 12.6. The van der Waals surface area contributed by atoms with Gasteiger partial charge in [-0.2, -0.15) is 11.8 Å². The number of carboxylic acids is 1. The van der Waals surface area contributed by atoms with Crippen LogP contribution >= 0.6 is 27.7 Å². The summed E-state index contributed by atoms with van der Waals surface area (Å²) in [5.74, 6) is -1.25. The van der Waals surface area contributed by atoms with Crippen molar-refractivity contribution in [2.45, 2.75) is 12.5 Å². The van der Waals surface area contributed by atoms with Gasteiger partial charge in [0.1, 0.15) is 11.8 Å². The number of hydrogen-bond donors (Lipinski definition) is 3. The number of aliphatic carboxylic acids is 1. The van der Waals surface area contributed by atoms with Crippen LogP contribution in [0.3, 0.4) is 0 Å². The van der Waals surface area contributed by atoms with Crippen LogP contribution in [0.25, 0.3) is 0 Å². The predicted molar refractivity (Wildman–Crippen MR) is 77.7 cm³/mol. The molecular formula is C12H14BrNO4S. The Morgan fingerprint density at radius 1 is 1.47 bits per heavy atom. The maximum Gasteiger partial charge on any atom is 0.326 e. The van der Waals surface area contributed by atoms with Gasteiger partial charge >= 0.3 is 5.97 Å². The zero-order valence-electron chi connectivity index (χ0n) is 10.2. The van der Waals surface area contributed by atoms with E-state index in [0.29, 0.717) is 16.6 Å². The Morgan fingerprint density at radius 2 is 2.16 bits per heavy atom. The van der Waals surface area contributed by atoms with Crippen molar-refractivity contribution in [1.29, 1.82) is 0 Å². The maximum atomic E-state index is 11.9. The van der Waals surface area contributed by atoms with Crippen molar-refractivity contribution < 1.29 is 19.8 Å². The summed E-state index contributed by atoms with van der Waals surface area (Å²) in [6.07, 6.45) is 2.19. The molecule has 0 saturated carbocycles. The fourth-order valence-electron chi connectivity index (χ4n) is 1.42. The van der Waals surface area contributed by atoms with E-state index in [1.807, 2.05) is 6.26 Å². The molecule has 1 aromatic rings. The summed E-state index contributed by atoms with van der Waals surface area (Å²) in [5, 5.41) is 21.0. The Morgan fingerprint density at radius 3 is 2.74 bits per heavy atom. The van der Waals surface area contributed by atoms with Gasteiger partial charge in [-0.3, -0.25) is 4.79 Å². The molecular weight excluding hydrogens is 334 g/mol. The zero-order chi connectivity index (χ0) is 14.4. The van der Waals surface area contributed by atoms with Crippen LogP contribution in [0.4, 0.5) is 0 Å². The molecule has 0 unspecified atom stereocenters. The number of amides is 1. The molecule has 1 atom stereocenters. The highest BCUT2D eigenvalue weighted by molar-refractivity contribution is 9.10. The summed E-state index contributed by atoms with van der Waals surface area (Å²) < 4.78 is 0.631. The van der Waals surface area contributed by atoms with E-state index in [2.05, 4.69) is 21.2 Å². The van der Waals surface area contributed by atoms with E-state index in [1.165, 1.54) is 23.9 Å². The SMILES string of the molecule is CSCC[C@H](NC(=O)c1cc(Br)ccc1O)C(=O)O. The molecule has 5 nitrogen and oxygen atoms in total. The summed E-state index contributed by atoms with van der Waals surface area (Å²) in [6.45, 7) is 0. The summed E-state index contributed by atoms with van der Waals surface area (Å²) in [6, 6.07) is 3.45. The van der Waals surface area contributed by atoms with Crippen molar-refractivity contribution in [2.24, 2.45) is 0 Å². The lowest BCUT2D eigenvalue weighted by atomic mass is 10.1. The number of hydrogen-bond acceptors (Lipinski definition) is 4. The second-order valence-electron chi connectivity index (χ2n) is 3.81. The molecule has 0 fully saturated rings. The van der Waals surface area contributed by atoms with Crippen LogP contribution in [0.1, 0.15) is 16.8 Å². The molecule has 0 aliphatic rings. The first-order valence-corrected chi connectivity index (χ1v) is 7.65. The van der Waals surface area contributed by atoms with Gasteiger partial charge in [0.05, 0.1) is 5.56 Å². The number of nitrogens with one attached hydrogen (secondary N) is 1. The van der Waals surface area contributed by atoms with Crippen molar-refractivity contribution in [2.75, 3.05) is 12.0 Å². The number of thioether (sulfide) groups is 1. The van der Waals surface area contributed by atoms with E-state index in [9.17, 15) is 14.7 Å². The molecule has 1 amide bonds. The number of rotatable bonds is 6. The quantitative estimate of drug-likeness (QED) is 0.733. The van der Waals surface area contributed by atoms with E-state index in [0.717, 1.165) is 0 Å². The number of carbonyl (C=O) groups is 2. The number of carbonyl (C=O) groups excluding carboxylic acids is 1. The molecule has 3 N–H and O–H groups in total. The second-order valence-corrected chi connectivity index (χ2v) is 5.71. The fraction of sp³-hybridized carbons (Fsp3) is 0.333. The van der Waals surface area contributed by atoms with Gasteiger partial charge in [-0.1, -0.05) is 15.9 Å². The third kappa shape index (κ3) is 4.76. The number of phenolic OH excluding ortho intramolecular Hbond substituents is 1. The highest BCUT2D eigenvalue weighted by atomic mass is 79.9. The number of carboxylic acid groups (broad SMARTS) is 1. The van der Waals surface area contributed by atoms with Crippen LogP contribution in [-0.2, 0) is 4.79 Å². The first-order chi connectivity index (χ1) is 8.95. The molecule has 1 rings (SSSR count). The maximum absolute atomic E-state index is 11.9. The largest absolute Gasteiger partial charge is 0.507 e. The Bertz CT molecular complexity index is 481. The topological polar surface area (TPSA) is 86.6 Å². The Kier molecular flexibility index (Phi) is 6.17. The molecule has 0 radical (unpaired) electrons. The molecule has 0 bridgehead atoms.